The monoisotopic (exact) mass is 375 g/mol. The summed E-state index contributed by atoms with van der Waals surface area (Å²) in [7, 11) is 0. The molecule has 3 aromatic rings. The van der Waals surface area contributed by atoms with Crippen molar-refractivity contribution in [3.8, 4) is 5.75 Å². The van der Waals surface area contributed by atoms with Gasteiger partial charge < -0.3 is 9.84 Å². The number of alkyl halides is 3. The van der Waals surface area contributed by atoms with E-state index in [1.165, 1.54) is 0 Å². The number of pyridine rings is 1. The Morgan fingerprint density at radius 1 is 0.963 bits per heavy atom. The Hall–Kier alpha value is -2.60. The molecule has 1 atom stereocenters. The second-order valence-corrected chi connectivity index (χ2v) is 6.70. The zero-order chi connectivity index (χ0) is 19.5. The van der Waals surface area contributed by atoms with Crippen LogP contribution in [0.3, 0.4) is 0 Å². The largest absolute Gasteiger partial charge is 0.487 e. The number of aliphatic hydroxyl groups is 1. The first kappa shape index (κ1) is 19.2. The first-order valence-corrected chi connectivity index (χ1v) is 8.60. The van der Waals surface area contributed by atoms with E-state index >= 15 is 0 Å². The molecule has 0 saturated carbocycles. The maximum Gasteiger partial charge on any atom is 0.416 e. The average Bonchev–Trinajstić information content (AvgIpc) is 2.64. The van der Waals surface area contributed by atoms with Gasteiger partial charge >= 0.3 is 6.18 Å². The lowest BCUT2D eigenvalue weighted by Crippen LogP contribution is -2.42. The van der Waals surface area contributed by atoms with Crippen LogP contribution in [-0.2, 0) is 13.0 Å². The van der Waals surface area contributed by atoms with Gasteiger partial charge in [-0.1, -0.05) is 36.4 Å². The number of rotatable bonds is 6. The first-order chi connectivity index (χ1) is 12.7. The van der Waals surface area contributed by atoms with E-state index in [1.807, 2.05) is 36.4 Å². The molecule has 0 fully saturated rings. The van der Waals surface area contributed by atoms with E-state index in [0.717, 1.165) is 23.5 Å². The molecule has 0 aliphatic rings. The molecule has 0 aliphatic carbocycles. The lowest BCUT2D eigenvalue weighted by atomic mass is 9.96. The van der Waals surface area contributed by atoms with Gasteiger partial charge in [-0.2, -0.15) is 13.2 Å². The van der Waals surface area contributed by atoms with Crippen LogP contribution in [0, 0.1) is 0 Å². The molecule has 0 aliphatic heterocycles. The molecule has 0 radical (unpaired) electrons. The van der Waals surface area contributed by atoms with Crippen LogP contribution in [-0.4, -0.2) is 21.9 Å². The summed E-state index contributed by atoms with van der Waals surface area (Å²) in [6.07, 6.45) is -4.90. The van der Waals surface area contributed by atoms with Crippen LogP contribution in [0.2, 0.25) is 0 Å². The van der Waals surface area contributed by atoms with Crippen molar-refractivity contribution in [3.63, 3.8) is 0 Å². The van der Waals surface area contributed by atoms with Crippen LogP contribution in [0.25, 0.3) is 10.9 Å². The summed E-state index contributed by atoms with van der Waals surface area (Å²) in [5.74, 6) is 0.608. The average molecular weight is 375 g/mol. The SMILES string of the molecule is CC(O)(CCc1ccc(OCc2ccc3ccccc3n2)cc1)C(F)(F)F. The van der Waals surface area contributed by atoms with Crippen molar-refractivity contribution in [1.82, 2.24) is 4.98 Å². The Morgan fingerprint density at radius 3 is 2.37 bits per heavy atom. The second kappa shape index (κ2) is 7.56. The zero-order valence-corrected chi connectivity index (χ0v) is 14.8. The van der Waals surface area contributed by atoms with Gasteiger partial charge in [-0.25, -0.2) is 4.98 Å². The summed E-state index contributed by atoms with van der Waals surface area (Å²) in [5, 5.41) is 10.6. The number of ether oxygens (including phenoxy) is 1. The first-order valence-electron chi connectivity index (χ1n) is 8.60. The topological polar surface area (TPSA) is 42.4 Å². The van der Waals surface area contributed by atoms with Crippen molar-refractivity contribution in [2.75, 3.05) is 0 Å². The number of halogens is 3. The van der Waals surface area contributed by atoms with Crippen molar-refractivity contribution >= 4 is 10.9 Å². The lowest BCUT2D eigenvalue weighted by molar-refractivity contribution is -0.254. The van der Waals surface area contributed by atoms with E-state index < -0.39 is 18.2 Å². The highest BCUT2D eigenvalue weighted by atomic mass is 19.4. The maximum absolute atomic E-state index is 12.7. The van der Waals surface area contributed by atoms with Crippen molar-refractivity contribution < 1.29 is 23.0 Å². The molecule has 1 unspecified atom stereocenters. The van der Waals surface area contributed by atoms with Crippen LogP contribution >= 0.6 is 0 Å². The van der Waals surface area contributed by atoms with Crippen LogP contribution in [0.5, 0.6) is 5.75 Å². The molecule has 2 aromatic carbocycles. The molecule has 1 aromatic heterocycles. The predicted molar refractivity (Wildman–Crippen MR) is 97.5 cm³/mol. The number of benzene rings is 2. The molecule has 27 heavy (non-hydrogen) atoms. The number of hydrogen-bond acceptors (Lipinski definition) is 3. The van der Waals surface area contributed by atoms with Gasteiger partial charge in [-0.3, -0.25) is 0 Å². The van der Waals surface area contributed by atoms with E-state index in [2.05, 4.69) is 4.98 Å². The molecule has 0 spiro atoms. The Labute approximate surface area is 155 Å². The summed E-state index contributed by atoms with van der Waals surface area (Å²) in [6.45, 7) is 1.09. The summed E-state index contributed by atoms with van der Waals surface area (Å²) < 4.78 is 43.8. The third kappa shape index (κ3) is 4.77. The molecular weight excluding hydrogens is 355 g/mol. The number of hydrogen-bond donors (Lipinski definition) is 1. The summed E-state index contributed by atoms with van der Waals surface area (Å²) in [6, 6.07) is 18.5. The third-order valence-electron chi connectivity index (χ3n) is 4.48. The molecule has 3 nitrogen and oxygen atoms in total. The Kier molecular flexibility index (Phi) is 5.37. The predicted octanol–water partition coefficient (Wildman–Crippen LogP) is 5.06. The van der Waals surface area contributed by atoms with Crippen molar-refractivity contribution in [2.24, 2.45) is 0 Å². The summed E-state index contributed by atoms with van der Waals surface area (Å²) in [4.78, 5) is 4.53. The Balaban J connectivity index is 1.57. The zero-order valence-electron chi connectivity index (χ0n) is 14.8. The van der Waals surface area contributed by atoms with E-state index in [4.69, 9.17) is 4.74 Å². The highest BCUT2D eigenvalue weighted by molar-refractivity contribution is 5.78. The van der Waals surface area contributed by atoms with Crippen LogP contribution in [0.1, 0.15) is 24.6 Å². The van der Waals surface area contributed by atoms with E-state index in [0.29, 0.717) is 17.9 Å². The number of nitrogens with zero attached hydrogens (tertiary/aromatic N) is 1. The van der Waals surface area contributed by atoms with Gasteiger partial charge in [0, 0.05) is 5.39 Å². The fraction of sp³-hybridized carbons (Fsp3) is 0.286. The van der Waals surface area contributed by atoms with E-state index in [9.17, 15) is 18.3 Å². The fourth-order valence-electron chi connectivity index (χ4n) is 2.63. The summed E-state index contributed by atoms with van der Waals surface area (Å²) in [5.41, 5.74) is -0.301. The van der Waals surface area contributed by atoms with E-state index in [1.54, 1.807) is 24.3 Å². The maximum atomic E-state index is 12.7. The van der Waals surface area contributed by atoms with E-state index in [-0.39, 0.29) is 6.42 Å². The number of aromatic nitrogens is 1. The smallest absolute Gasteiger partial charge is 0.416 e. The Bertz CT molecular complexity index is 905. The minimum atomic E-state index is -4.64. The van der Waals surface area contributed by atoms with Gasteiger partial charge in [-0.15, -0.1) is 0 Å². The highest BCUT2D eigenvalue weighted by Gasteiger charge is 2.49. The van der Waals surface area contributed by atoms with Crippen LogP contribution < -0.4 is 4.74 Å². The minimum absolute atomic E-state index is 0.124. The van der Waals surface area contributed by atoms with Crippen molar-refractivity contribution in [2.45, 2.75) is 38.1 Å². The van der Waals surface area contributed by atoms with Crippen molar-refractivity contribution in [1.29, 1.82) is 0 Å². The molecule has 0 amide bonds. The molecule has 1 heterocycles. The van der Waals surface area contributed by atoms with Gasteiger partial charge in [0.2, 0.25) is 0 Å². The second-order valence-electron chi connectivity index (χ2n) is 6.70. The molecular formula is C21H20F3NO2. The number of aryl methyl sites for hydroxylation is 1. The highest BCUT2D eigenvalue weighted by Crippen LogP contribution is 2.33. The lowest BCUT2D eigenvalue weighted by Gasteiger charge is -2.26. The van der Waals surface area contributed by atoms with Crippen LogP contribution in [0.15, 0.2) is 60.7 Å². The molecule has 1 N–H and O–H groups in total. The third-order valence-corrected chi connectivity index (χ3v) is 4.48. The van der Waals surface area contributed by atoms with Gasteiger partial charge in [0.15, 0.2) is 5.60 Å². The minimum Gasteiger partial charge on any atom is -0.487 e. The van der Waals surface area contributed by atoms with Crippen molar-refractivity contribution in [3.05, 3.63) is 71.9 Å². The fourth-order valence-corrected chi connectivity index (χ4v) is 2.63. The van der Waals surface area contributed by atoms with Gasteiger partial charge in [0.25, 0.3) is 0 Å². The van der Waals surface area contributed by atoms with Gasteiger partial charge in [0.05, 0.1) is 11.2 Å². The summed E-state index contributed by atoms with van der Waals surface area (Å²) >= 11 is 0. The molecule has 142 valence electrons. The number of para-hydroxylation sites is 1. The molecule has 0 saturated heterocycles. The molecule has 3 rings (SSSR count). The Morgan fingerprint density at radius 2 is 1.67 bits per heavy atom. The normalized spacial score (nSPS) is 14.1. The quantitative estimate of drug-likeness (QED) is 0.655. The standard InChI is InChI=1S/C21H20F3NO2/c1-20(26,21(22,23)24)13-12-15-6-10-18(11-7-15)27-14-17-9-8-16-4-2-3-5-19(16)25-17/h2-11,26H,12-14H2,1H3. The van der Waals surface area contributed by atoms with Gasteiger partial charge in [-0.05, 0) is 49.6 Å². The molecule has 6 heteroatoms. The van der Waals surface area contributed by atoms with Crippen LogP contribution in [0.4, 0.5) is 13.2 Å². The number of fused-ring (bicyclic) bond motifs is 1. The van der Waals surface area contributed by atoms with Gasteiger partial charge in [0.1, 0.15) is 12.4 Å². The molecule has 0 bridgehead atoms.